The van der Waals surface area contributed by atoms with Gasteiger partial charge in [0.15, 0.2) is 0 Å². The van der Waals surface area contributed by atoms with Crippen LogP contribution < -0.4 is 5.56 Å². The highest BCUT2D eigenvalue weighted by molar-refractivity contribution is 5.88. The number of carbonyl (C=O) groups is 1. The lowest BCUT2D eigenvalue weighted by molar-refractivity contribution is -0.137. The summed E-state index contributed by atoms with van der Waals surface area (Å²) in [6, 6.07) is 12.6. The Balaban J connectivity index is 2.01. The molecular formula is C23H23FN2O3. The average molecular weight is 394 g/mol. The van der Waals surface area contributed by atoms with E-state index in [0.29, 0.717) is 36.1 Å². The van der Waals surface area contributed by atoms with E-state index < -0.39 is 11.8 Å². The van der Waals surface area contributed by atoms with Crippen LogP contribution in [-0.4, -0.2) is 22.1 Å². The van der Waals surface area contributed by atoms with Gasteiger partial charge in [-0.15, -0.1) is 0 Å². The van der Waals surface area contributed by atoms with Crippen LogP contribution in [0.2, 0.25) is 0 Å². The standard InChI is InChI=1S/C23H23FN2O3/c1-3-21-25-20-15-19(24)17(10-11-22(27)29-4-2)14-18(20)23(28)26(21)13-12-16-8-6-5-7-9-16/h5-11,14-15H,3-4,12-13H2,1-2H3/b11-10+. The number of fused-ring (bicyclic) bond motifs is 1. The molecule has 6 heteroatoms. The predicted molar refractivity (Wildman–Crippen MR) is 111 cm³/mol. The van der Waals surface area contributed by atoms with Crippen molar-refractivity contribution in [3.8, 4) is 0 Å². The van der Waals surface area contributed by atoms with Crippen molar-refractivity contribution in [3.05, 3.63) is 81.7 Å². The van der Waals surface area contributed by atoms with Gasteiger partial charge in [-0.1, -0.05) is 37.3 Å². The number of nitrogens with zero attached hydrogens (tertiary/aromatic N) is 2. The Hall–Kier alpha value is -3.28. The van der Waals surface area contributed by atoms with Gasteiger partial charge in [-0.25, -0.2) is 14.2 Å². The number of aryl methyl sites for hydroxylation is 2. The third-order valence-electron chi connectivity index (χ3n) is 4.62. The van der Waals surface area contributed by atoms with Crippen molar-refractivity contribution in [2.45, 2.75) is 33.2 Å². The Morgan fingerprint density at radius 1 is 1.21 bits per heavy atom. The Labute approximate surface area is 168 Å². The first kappa shape index (κ1) is 20.5. The van der Waals surface area contributed by atoms with Crippen molar-refractivity contribution in [3.63, 3.8) is 0 Å². The van der Waals surface area contributed by atoms with Gasteiger partial charge in [0.25, 0.3) is 5.56 Å². The molecule has 0 aliphatic heterocycles. The summed E-state index contributed by atoms with van der Waals surface area (Å²) in [5.74, 6) is -0.492. The second-order valence-corrected chi connectivity index (χ2v) is 6.55. The summed E-state index contributed by atoms with van der Waals surface area (Å²) in [5, 5.41) is 0.320. The van der Waals surface area contributed by atoms with Crippen LogP contribution in [0.1, 0.15) is 30.8 Å². The van der Waals surface area contributed by atoms with Gasteiger partial charge in [0.1, 0.15) is 11.6 Å². The molecule has 5 nitrogen and oxygen atoms in total. The highest BCUT2D eigenvalue weighted by Crippen LogP contribution is 2.18. The number of rotatable bonds is 7. The minimum absolute atomic E-state index is 0.142. The summed E-state index contributed by atoms with van der Waals surface area (Å²) >= 11 is 0. The normalized spacial score (nSPS) is 11.3. The van der Waals surface area contributed by atoms with Gasteiger partial charge in [0.05, 0.1) is 17.5 Å². The zero-order valence-electron chi connectivity index (χ0n) is 16.5. The second-order valence-electron chi connectivity index (χ2n) is 6.55. The monoisotopic (exact) mass is 394 g/mol. The van der Waals surface area contributed by atoms with Crippen LogP contribution in [0, 0.1) is 5.82 Å². The van der Waals surface area contributed by atoms with Gasteiger partial charge in [0, 0.05) is 30.7 Å². The lowest BCUT2D eigenvalue weighted by atomic mass is 10.1. The SMILES string of the molecule is CCOC(=O)/C=C/c1cc2c(=O)n(CCc3ccccc3)c(CC)nc2cc1F. The van der Waals surface area contributed by atoms with Crippen molar-refractivity contribution in [2.75, 3.05) is 6.61 Å². The molecule has 1 heterocycles. The van der Waals surface area contributed by atoms with E-state index in [1.54, 1.807) is 11.5 Å². The summed E-state index contributed by atoms with van der Waals surface area (Å²) < 4.78 is 20.9. The molecule has 0 amide bonds. The summed E-state index contributed by atoms with van der Waals surface area (Å²) in [4.78, 5) is 29.1. The van der Waals surface area contributed by atoms with Crippen LogP contribution >= 0.6 is 0 Å². The molecule has 0 radical (unpaired) electrons. The quantitative estimate of drug-likeness (QED) is 0.450. The molecule has 0 unspecified atom stereocenters. The fourth-order valence-corrected chi connectivity index (χ4v) is 3.17. The van der Waals surface area contributed by atoms with Crippen molar-refractivity contribution in [1.82, 2.24) is 9.55 Å². The number of aromatic nitrogens is 2. The van der Waals surface area contributed by atoms with Gasteiger partial charge in [-0.2, -0.15) is 0 Å². The molecule has 29 heavy (non-hydrogen) atoms. The molecule has 150 valence electrons. The van der Waals surface area contributed by atoms with E-state index in [0.717, 1.165) is 11.6 Å². The average Bonchev–Trinajstić information content (AvgIpc) is 2.72. The molecule has 0 bridgehead atoms. The molecule has 0 saturated carbocycles. The van der Waals surface area contributed by atoms with E-state index in [1.165, 1.54) is 18.2 Å². The zero-order valence-corrected chi connectivity index (χ0v) is 16.5. The van der Waals surface area contributed by atoms with Crippen molar-refractivity contribution in [2.24, 2.45) is 0 Å². The van der Waals surface area contributed by atoms with Crippen LogP contribution in [-0.2, 0) is 28.9 Å². The number of hydrogen-bond donors (Lipinski definition) is 0. The molecule has 0 N–H and O–H groups in total. The Morgan fingerprint density at radius 2 is 1.97 bits per heavy atom. The van der Waals surface area contributed by atoms with Crippen LogP contribution in [0.3, 0.4) is 0 Å². The fourth-order valence-electron chi connectivity index (χ4n) is 3.17. The molecule has 0 aliphatic carbocycles. The first-order chi connectivity index (χ1) is 14.0. The molecule has 0 fully saturated rings. The molecule has 0 saturated heterocycles. The van der Waals surface area contributed by atoms with E-state index in [4.69, 9.17) is 4.74 Å². The van der Waals surface area contributed by atoms with E-state index in [2.05, 4.69) is 4.98 Å². The van der Waals surface area contributed by atoms with E-state index >= 15 is 0 Å². The van der Waals surface area contributed by atoms with Crippen molar-refractivity contribution >= 4 is 22.9 Å². The number of ether oxygens (including phenoxy) is 1. The maximum atomic E-state index is 14.4. The van der Waals surface area contributed by atoms with Gasteiger partial charge < -0.3 is 4.74 Å². The van der Waals surface area contributed by atoms with Gasteiger partial charge in [-0.05, 0) is 31.1 Å². The third kappa shape index (κ3) is 4.77. The molecule has 1 aromatic heterocycles. The number of benzene rings is 2. The molecule has 3 rings (SSSR count). The van der Waals surface area contributed by atoms with Crippen LogP contribution in [0.4, 0.5) is 4.39 Å². The Bertz CT molecular complexity index is 1100. The number of hydrogen-bond acceptors (Lipinski definition) is 4. The maximum Gasteiger partial charge on any atom is 0.330 e. The summed E-state index contributed by atoms with van der Waals surface area (Å²) in [6.45, 7) is 4.33. The van der Waals surface area contributed by atoms with Crippen LogP contribution in [0.5, 0.6) is 0 Å². The van der Waals surface area contributed by atoms with Crippen LogP contribution in [0.25, 0.3) is 17.0 Å². The van der Waals surface area contributed by atoms with Gasteiger partial charge >= 0.3 is 5.97 Å². The number of halogens is 1. The molecule has 0 atom stereocenters. The highest BCUT2D eigenvalue weighted by Gasteiger charge is 2.13. The Kier molecular flexibility index (Phi) is 6.54. The lowest BCUT2D eigenvalue weighted by Gasteiger charge is -2.13. The zero-order chi connectivity index (χ0) is 20.8. The van der Waals surface area contributed by atoms with E-state index in [-0.39, 0.29) is 17.7 Å². The minimum Gasteiger partial charge on any atom is -0.463 e. The third-order valence-corrected chi connectivity index (χ3v) is 4.62. The molecular weight excluding hydrogens is 371 g/mol. The largest absolute Gasteiger partial charge is 0.463 e. The molecule has 0 aliphatic rings. The highest BCUT2D eigenvalue weighted by atomic mass is 19.1. The second kappa shape index (κ2) is 9.28. The predicted octanol–water partition coefficient (Wildman–Crippen LogP) is 3.92. The van der Waals surface area contributed by atoms with Crippen molar-refractivity contribution < 1.29 is 13.9 Å². The fraction of sp³-hybridized carbons (Fsp3) is 0.261. The molecule has 2 aromatic carbocycles. The Morgan fingerprint density at radius 3 is 2.66 bits per heavy atom. The smallest absolute Gasteiger partial charge is 0.330 e. The van der Waals surface area contributed by atoms with Crippen molar-refractivity contribution in [1.29, 1.82) is 0 Å². The van der Waals surface area contributed by atoms with E-state index in [9.17, 15) is 14.0 Å². The number of carbonyl (C=O) groups excluding carboxylic acids is 1. The summed E-state index contributed by atoms with van der Waals surface area (Å²) in [6.07, 6.45) is 3.72. The maximum absolute atomic E-state index is 14.4. The van der Waals surface area contributed by atoms with Gasteiger partial charge in [0.2, 0.25) is 0 Å². The minimum atomic E-state index is -0.563. The topological polar surface area (TPSA) is 61.2 Å². The molecule has 0 spiro atoms. The van der Waals surface area contributed by atoms with E-state index in [1.807, 2.05) is 37.3 Å². The van der Waals surface area contributed by atoms with Gasteiger partial charge in [-0.3, -0.25) is 9.36 Å². The lowest BCUT2D eigenvalue weighted by Crippen LogP contribution is -2.26. The first-order valence-corrected chi connectivity index (χ1v) is 9.65. The van der Waals surface area contributed by atoms with Crippen LogP contribution in [0.15, 0.2) is 53.3 Å². The first-order valence-electron chi connectivity index (χ1n) is 9.65. The number of esters is 1. The molecule has 3 aromatic rings. The summed E-state index contributed by atoms with van der Waals surface area (Å²) in [7, 11) is 0. The summed E-state index contributed by atoms with van der Waals surface area (Å²) in [5.41, 5.74) is 1.36.